The molecule has 2 rings (SSSR count). The third-order valence-electron chi connectivity index (χ3n) is 2.72. The average molecular weight is 277 g/mol. The predicted molar refractivity (Wildman–Crippen MR) is 75.3 cm³/mol. The Hall–Kier alpha value is -2.08. The van der Waals surface area contributed by atoms with Gasteiger partial charge in [0.25, 0.3) is 5.91 Å². The maximum absolute atomic E-state index is 11.3. The first kappa shape index (κ1) is 13.4. The summed E-state index contributed by atoms with van der Waals surface area (Å²) in [6, 6.07) is 4.92. The number of hydrogen-bond acceptors (Lipinski definition) is 5. The van der Waals surface area contributed by atoms with Crippen LogP contribution in [-0.2, 0) is 6.61 Å². The number of benzene rings is 1. The molecule has 0 aliphatic rings. The Balaban J connectivity index is 2.21. The highest BCUT2D eigenvalue weighted by atomic mass is 32.1. The number of primary amides is 1. The molecule has 0 unspecified atom stereocenters. The Labute approximate surface area is 115 Å². The molecular weight excluding hydrogens is 262 g/mol. The molecule has 0 aliphatic heterocycles. The molecule has 1 aromatic carbocycles. The van der Waals surface area contributed by atoms with Crippen molar-refractivity contribution in [1.82, 2.24) is 4.98 Å². The smallest absolute Gasteiger partial charge is 0.252 e. The molecule has 100 valence electrons. The molecule has 0 radical (unpaired) electrons. The minimum Gasteiger partial charge on any atom is -0.483 e. The van der Waals surface area contributed by atoms with Gasteiger partial charge < -0.3 is 16.2 Å². The number of hydrogen-bond donors (Lipinski definition) is 2. The van der Waals surface area contributed by atoms with Crippen molar-refractivity contribution in [3.05, 3.63) is 39.3 Å². The number of anilines is 1. The molecule has 0 aliphatic carbocycles. The normalized spacial score (nSPS) is 10.4. The fourth-order valence-corrected chi connectivity index (χ4v) is 2.49. The number of ether oxygens (including phenoxy) is 1. The molecule has 1 amide bonds. The lowest BCUT2D eigenvalue weighted by molar-refractivity contribution is 0.0996. The van der Waals surface area contributed by atoms with Gasteiger partial charge in [-0.2, -0.15) is 0 Å². The predicted octanol–water partition coefficient (Wildman–Crippen LogP) is 2.02. The second-order valence-electron chi connectivity index (χ2n) is 4.13. The van der Waals surface area contributed by atoms with Crippen LogP contribution in [0.25, 0.3) is 0 Å². The lowest BCUT2D eigenvalue weighted by atomic mass is 10.1. The van der Waals surface area contributed by atoms with Gasteiger partial charge in [-0.3, -0.25) is 4.79 Å². The van der Waals surface area contributed by atoms with E-state index in [1.807, 2.05) is 13.8 Å². The number of rotatable bonds is 4. The Morgan fingerprint density at radius 3 is 2.74 bits per heavy atom. The van der Waals surface area contributed by atoms with Crippen LogP contribution >= 0.6 is 11.3 Å². The van der Waals surface area contributed by atoms with Gasteiger partial charge in [-0.1, -0.05) is 6.07 Å². The minimum atomic E-state index is -0.561. The molecule has 1 aromatic heterocycles. The Bertz CT molecular complexity index is 603. The SMILES string of the molecule is Cc1nc(COc2c(N)cccc2C(N)=O)sc1C. The molecule has 1 heterocycles. The van der Waals surface area contributed by atoms with Crippen LogP contribution in [0.4, 0.5) is 5.69 Å². The first-order valence-electron chi connectivity index (χ1n) is 5.73. The summed E-state index contributed by atoms with van der Waals surface area (Å²) < 4.78 is 5.61. The lowest BCUT2D eigenvalue weighted by Gasteiger charge is -2.10. The van der Waals surface area contributed by atoms with Crippen LogP contribution in [0.1, 0.15) is 25.9 Å². The van der Waals surface area contributed by atoms with Crippen LogP contribution in [0, 0.1) is 13.8 Å². The van der Waals surface area contributed by atoms with Crippen LogP contribution < -0.4 is 16.2 Å². The summed E-state index contributed by atoms with van der Waals surface area (Å²) in [6.07, 6.45) is 0. The van der Waals surface area contributed by atoms with E-state index in [9.17, 15) is 4.79 Å². The summed E-state index contributed by atoms with van der Waals surface area (Å²) in [5.41, 5.74) is 12.8. The van der Waals surface area contributed by atoms with Crippen LogP contribution in [0.3, 0.4) is 0 Å². The van der Waals surface area contributed by atoms with Gasteiger partial charge >= 0.3 is 0 Å². The molecule has 5 nitrogen and oxygen atoms in total. The average Bonchev–Trinajstić information content (AvgIpc) is 2.67. The molecule has 4 N–H and O–H groups in total. The van der Waals surface area contributed by atoms with Crippen LogP contribution in [-0.4, -0.2) is 10.9 Å². The molecule has 0 saturated carbocycles. The van der Waals surface area contributed by atoms with Crippen molar-refractivity contribution in [3.8, 4) is 5.75 Å². The van der Waals surface area contributed by atoms with Crippen LogP contribution in [0.5, 0.6) is 5.75 Å². The summed E-state index contributed by atoms with van der Waals surface area (Å²) in [5.74, 6) is -0.241. The zero-order valence-electron chi connectivity index (χ0n) is 10.8. The van der Waals surface area contributed by atoms with E-state index in [2.05, 4.69) is 4.98 Å². The maximum Gasteiger partial charge on any atom is 0.252 e. The Morgan fingerprint density at radius 1 is 1.42 bits per heavy atom. The number of thiazole rings is 1. The van der Waals surface area contributed by atoms with Gasteiger partial charge in [0.05, 0.1) is 16.9 Å². The second kappa shape index (κ2) is 5.27. The number of aromatic nitrogens is 1. The van der Waals surface area contributed by atoms with Gasteiger partial charge in [-0.05, 0) is 26.0 Å². The van der Waals surface area contributed by atoms with Gasteiger partial charge in [0.2, 0.25) is 0 Å². The van der Waals surface area contributed by atoms with Crippen molar-refractivity contribution in [2.24, 2.45) is 5.73 Å². The molecular formula is C13H15N3O2S. The van der Waals surface area contributed by atoms with E-state index >= 15 is 0 Å². The molecule has 0 atom stereocenters. The number of carbonyl (C=O) groups is 1. The van der Waals surface area contributed by atoms with E-state index in [-0.39, 0.29) is 12.2 Å². The quantitative estimate of drug-likeness (QED) is 0.836. The Kier molecular flexibility index (Phi) is 3.71. The fraction of sp³-hybridized carbons (Fsp3) is 0.231. The topological polar surface area (TPSA) is 91.2 Å². The Morgan fingerprint density at radius 2 is 2.16 bits per heavy atom. The van der Waals surface area contributed by atoms with Crippen molar-refractivity contribution in [2.75, 3.05) is 5.73 Å². The van der Waals surface area contributed by atoms with E-state index < -0.39 is 5.91 Å². The van der Waals surface area contributed by atoms with Crippen molar-refractivity contribution in [2.45, 2.75) is 20.5 Å². The standard InChI is InChI=1S/C13H15N3O2S/c1-7-8(2)19-11(16-7)6-18-12-9(13(15)17)4-3-5-10(12)14/h3-5H,6,14H2,1-2H3,(H2,15,17). The van der Waals surface area contributed by atoms with Crippen LogP contribution in [0.2, 0.25) is 0 Å². The summed E-state index contributed by atoms with van der Waals surface area (Å²) in [7, 11) is 0. The van der Waals surface area contributed by atoms with Crippen molar-refractivity contribution >= 4 is 22.9 Å². The van der Waals surface area contributed by atoms with Gasteiger partial charge in [-0.15, -0.1) is 11.3 Å². The molecule has 0 saturated heterocycles. The van der Waals surface area contributed by atoms with Crippen molar-refractivity contribution < 1.29 is 9.53 Å². The molecule has 0 bridgehead atoms. The van der Waals surface area contributed by atoms with E-state index in [0.717, 1.165) is 15.6 Å². The molecule has 6 heteroatoms. The van der Waals surface area contributed by atoms with Gasteiger partial charge in [-0.25, -0.2) is 4.98 Å². The summed E-state index contributed by atoms with van der Waals surface area (Å²) in [4.78, 5) is 16.8. The zero-order chi connectivity index (χ0) is 14.0. The highest BCUT2D eigenvalue weighted by Gasteiger charge is 2.13. The van der Waals surface area contributed by atoms with Gasteiger partial charge in [0, 0.05) is 4.88 Å². The molecule has 0 fully saturated rings. The van der Waals surface area contributed by atoms with E-state index in [0.29, 0.717) is 11.4 Å². The first-order valence-corrected chi connectivity index (χ1v) is 6.54. The monoisotopic (exact) mass is 277 g/mol. The highest BCUT2D eigenvalue weighted by Crippen LogP contribution is 2.27. The van der Waals surface area contributed by atoms with Crippen molar-refractivity contribution in [1.29, 1.82) is 0 Å². The molecule has 19 heavy (non-hydrogen) atoms. The number of nitrogen functional groups attached to an aromatic ring is 1. The van der Waals surface area contributed by atoms with E-state index in [1.165, 1.54) is 0 Å². The number of nitrogens with two attached hydrogens (primary N) is 2. The van der Waals surface area contributed by atoms with Crippen molar-refractivity contribution in [3.63, 3.8) is 0 Å². The summed E-state index contributed by atoms with van der Waals surface area (Å²) in [5, 5.41) is 0.841. The third-order valence-corrected chi connectivity index (χ3v) is 3.77. The number of aryl methyl sites for hydroxylation is 2. The van der Waals surface area contributed by atoms with E-state index in [1.54, 1.807) is 29.5 Å². The maximum atomic E-state index is 11.3. The summed E-state index contributed by atoms with van der Waals surface area (Å²) >= 11 is 1.56. The molecule has 2 aromatic rings. The third kappa shape index (κ3) is 2.85. The van der Waals surface area contributed by atoms with E-state index in [4.69, 9.17) is 16.2 Å². The van der Waals surface area contributed by atoms with Gasteiger partial charge in [0.15, 0.2) is 5.75 Å². The number of carbonyl (C=O) groups excluding carboxylic acids is 1. The minimum absolute atomic E-state index is 0.272. The van der Waals surface area contributed by atoms with Gasteiger partial charge in [0.1, 0.15) is 11.6 Å². The highest BCUT2D eigenvalue weighted by molar-refractivity contribution is 7.11. The summed E-state index contributed by atoms with van der Waals surface area (Å²) in [6.45, 7) is 4.22. The number of amides is 1. The largest absolute Gasteiger partial charge is 0.483 e. The number of para-hydroxylation sites is 1. The fourth-order valence-electron chi connectivity index (χ4n) is 1.64. The second-order valence-corrected chi connectivity index (χ2v) is 5.41. The number of nitrogens with zero attached hydrogens (tertiary/aromatic N) is 1. The van der Waals surface area contributed by atoms with Crippen LogP contribution in [0.15, 0.2) is 18.2 Å². The lowest BCUT2D eigenvalue weighted by Crippen LogP contribution is -2.14. The first-order chi connectivity index (χ1) is 8.99. The molecule has 0 spiro atoms. The zero-order valence-corrected chi connectivity index (χ0v) is 11.6.